The number of benzene rings is 1. The lowest BCUT2D eigenvalue weighted by Crippen LogP contribution is -2.48. The van der Waals surface area contributed by atoms with Gasteiger partial charge in [0.15, 0.2) is 0 Å². The molecule has 9 nitrogen and oxygen atoms in total. The molecule has 0 radical (unpaired) electrons. The van der Waals surface area contributed by atoms with E-state index >= 15 is 0 Å². The first-order valence-electron chi connectivity index (χ1n) is 12.4. The summed E-state index contributed by atoms with van der Waals surface area (Å²) in [6.45, 7) is 2.28. The van der Waals surface area contributed by atoms with Gasteiger partial charge in [0.25, 0.3) is 0 Å². The van der Waals surface area contributed by atoms with Crippen LogP contribution in [0.4, 0.5) is 5.69 Å². The number of nitrogens with one attached hydrogen (secondary N) is 2. The molecule has 1 aliphatic heterocycles. The lowest BCUT2D eigenvalue weighted by Gasteiger charge is -2.24. The van der Waals surface area contributed by atoms with Crippen LogP contribution in [0.2, 0.25) is 0 Å². The first kappa shape index (κ1) is 27.0. The predicted molar refractivity (Wildman–Crippen MR) is 141 cm³/mol. The normalized spacial score (nSPS) is 19.8. The summed E-state index contributed by atoms with van der Waals surface area (Å²) in [6.07, 6.45) is 6.71. The minimum Gasteiger partial charge on any atom is -0.375 e. The fourth-order valence-corrected chi connectivity index (χ4v) is 5.00. The van der Waals surface area contributed by atoms with Gasteiger partial charge in [-0.15, -0.1) is 23.2 Å². The molecule has 1 saturated heterocycles. The van der Waals surface area contributed by atoms with Crippen LogP contribution in [0.15, 0.2) is 36.7 Å². The van der Waals surface area contributed by atoms with Crippen molar-refractivity contribution in [2.45, 2.75) is 49.4 Å². The summed E-state index contributed by atoms with van der Waals surface area (Å²) in [5.74, 6) is 0.111. The van der Waals surface area contributed by atoms with E-state index in [1.807, 2.05) is 18.2 Å². The van der Waals surface area contributed by atoms with Crippen LogP contribution in [-0.4, -0.2) is 68.2 Å². The average Bonchev–Trinajstić information content (AvgIpc) is 3.26. The second-order valence-electron chi connectivity index (χ2n) is 9.52. The number of amides is 2. The van der Waals surface area contributed by atoms with Crippen LogP contribution in [-0.2, 0) is 27.2 Å². The number of halogens is 2. The highest BCUT2D eigenvalue weighted by atomic mass is 35.5. The van der Waals surface area contributed by atoms with Gasteiger partial charge < -0.3 is 15.5 Å². The van der Waals surface area contributed by atoms with Crippen LogP contribution in [0.25, 0.3) is 0 Å². The van der Waals surface area contributed by atoms with Crippen molar-refractivity contribution in [2.75, 3.05) is 25.0 Å². The third-order valence-electron chi connectivity index (χ3n) is 6.79. The number of rotatable bonds is 11. The fourth-order valence-electron chi connectivity index (χ4n) is 4.47. The molecular weight excluding hydrogens is 515 g/mol. The molecule has 4 rings (SSSR count). The zero-order valence-electron chi connectivity index (χ0n) is 20.7. The standard InChI is InChI=1S/C26H30Cl2N6O3/c1-16(35)24(29)19-12-17(6-8-22-30-9-3-10-31-22)5-7-20(19)32-15-23(36)34-11-2-4-21(34)25(37)33-14-18-13-26(18,27)28/h3,5,7,9-10,12,18,21,29,32H,2,4,6,8,11,13-15H2,1H3,(H,33,37)/p+1/t18-,21+/m1/s1. The summed E-state index contributed by atoms with van der Waals surface area (Å²) >= 11 is 12.1. The molecule has 11 heteroatoms. The van der Waals surface area contributed by atoms with Crippen molar-refractivity contribution >= 4 is 52.2 Å². The molecule has 2 heterocycles. The summed E-state index contributed by atoms with van der Waals surface area (Å²) in [7, 11) is 0. The number of carbonyl (C=O) groups is 3. The Labute approximate surface area is 225 Å². The van der Waals surface area contributed by atoms with Crippen LogP contribution in [0.1, 0.15) is 43.1 Å². The molecule has 2 aromatic rings. The highest BCUT2D eigenvalue weighted by Crippen LogP contribution is 2.52. The van der Waals surface area contributed by atoms with Gasteiger partial charge in [0, 0.05) is 50.4 Å². The van der Waals surface area contributed by atoms with Gasteiger partial charge in [0.05, 0.1) is 12.1 Å². The number of alkyl halides is 2. The summed E-state index contributed by atoms with van der Waals surface area (Å²) in [4.78, 5) is 47.9. The first-order valence-corrected chi connectivity index (χ1v) is 13.1. The maximum atomic E-state index is 13.1. The van der Waals surface area contributed by atoms with Crippen molar-refractivity contribution < 1.29 is 19.8 Å². The second kappa shape index (κ2) is 11.6. The zero-order chi connectivity index (χ0) is 26.6. The van der Waals surface area contributed by atoms with E-state index in [2.05, 4.69) is 20.6 Å². The monoisotopic (exact) mass is 545 g/mol. The predicted octanol–water partition coefficient (Wildman–Crippen LogP) is 1.11. The average molecular weight is 546 g/mol. The Morgan fingerprint density at radius 3 is 2.59 bits per heavy atom. The highest BCUT2D eigenvalue weighted by Gasteiger charge is 2.51. The number of hydrogen-bond donors (Lipinski definition) is 3. The minimum absolute atomic E-state index is 0.0335. The summed E-state index contributed by atoms with van der Waals surface area (Å²) in [5.41, 5.74) is 2.20. The Balaban J connectivity index is 1.38. The van der Waals surface area contributed by atoms with Gasteiger partial charge >= 0.3 is 0 Å². The Morgan fingerprint density at radius 2 is 1.92 bits per heavy atom. The summed E-state index contributed by atoms with van der Waals surface area (Å²) < 4.78 is -0.760. The molecule has 0 spiro atoms. The SMILES string of the molecule is CC(=O)C(=[NH2+])c1cc(CCc2ncccn2)ccc1NCC(=O)N1CCC[C@H]1C(=O)NC[C@H]1CC1(Cl)Cl. The van der Waals surface area contributed by atoms with Crippen molar-refractivity contribution in [2.24, 2.45) is 5.92 Å². The molecule has 196 valence electrons. The minimum atomic E-state index is -0.760. The van der Waals surface area contributed by atoms with Crippen LogP contribution in [0.3, 0.4) is 0 Å². The highest BCUT2D eigenvalue weighted by molar-refractivity contribution is 6.50. The molecule has 1 saturated carbocycles. The van der Waals surface area contributed by atoms with Crippen molar-refractivity contribution in [1.29, 1.82) is 0 Å². The number of Topliss-reactive ketones (excluding diaryl/α,β-unsaturated/α-hetero) is 1. The van der Waals surface area contributed by atoms with Gasteiger partial charge in [-0.25, -0.2) is 9.97 Å². The molecule has 0 unspecified atom stereocenters. The number of nitrogens with two attached hydrogens (primary N) is 1. The molecule has 2 aliphatic rings. The van der Waals surface area contributed by atoms with E-state index in [0.717, 1.165) is 17.8 Å². The maximum absolute atomic E-state index is 13.1. The number of hydrogen-bond acceptors (Lipinski definition) is 6. The van der Waals surface area contributed by atoms with Gasteiger partial charge in [-0.05, 0) is 49.4 Å². The molecule has 1 aliphatic carbocycles. The van der Waals surface area contributed by atoms with Gasteiger partial charge in [-0.3, -0.25) is 19.8 Å². The Hall–Kier alpha value is -3.04. The molecule has 1 aromatic heterocycles. The second-order valence-corrected chi connectivity index (χ2v) is 11.1. The Bertz CT molecular complexity index is 1190. The Morgan fingerprint density at radius 1 is 1.19 bits per heavy atom. The number of likely N-dealkylation sites (tertiary alicyclic amines) is 1. The molecule has 37 heavy (non-hydrogen) atoms. The molecule has 1 aromatic carbocycles. The lowest BCUT2D eigenvalue weighted by molar-refractivity contribution is -0.137. The van der Waals surface area contributed by atoms with E-state index in [4.69, 9.17) is 28.6 Å². The molecule has 0 bridgehead atoms. The van der Waals surface area contributed by atoms with E-state index in [9.17, 15) is 14.4 Å². The van der Waals surface area contributed by atoms with Crippen LogP contribution in [0, 0.1) is 5.92 Å². The number of ketones is 1. The summed E-state index contributed by atoms with van der Waals surface area (Å²) in [6, 6.07) is 6.83. The molecule has 4 N–H and O–H groups in total. The number of anilines is 1. The molecular formula is C26H31Cl2N6O3+. The molecule has 2 atom stereocenters. The largest absolute Gasteiger partial charge is 0.375 e. The van der Waals surface area contributed by atoms with Gasteiger partial charge in [-0.2, -0.15) is 0 Å². The quantitative estimate of drug-likeness (QED) is 0.286. The number of carbonyl (C=O) groups excluding carboxylic acids is 3. The zero-order valence-corrected chi connectivity index (χ0v) is 22.2. The third-order valence-corrected chi connectivity index (χ3v) is 7.72. The van der Waals surface area contributed by atoms with Gasteiger partial charge in [0.2, 0.25) is 23.3 Å². The van der Waals surface area contributed by atoms with Crippen LogP contribution in [0.5, 0.6) is 0 Å². The van der Waals surface area contributed by atoms with Gasteiger partial charge in [0.1, 0.15) is 16.2 Å². The van der Waals surface area contributed by atoms with E-state index in [0.29, 0.717) is 50.0 Å². The fraction of sp³-hybridized carbons (Fsp3) is 0.462. The van der Waals surface area contributed by atoms with Gasteiger partial charge in [-0.1, -0.05) is 6.07 Å². The first-order chi connectivity index (χ1) is 17.7. The number of aromatic nitrogens is 2. The topological polar surface area (TPSA) is 130 Å². The molecule has 2 amide bonds. The van der Waals surface area contributed by atoms with Crippen molar-refractivity contribution in [3.05, 3.63) is 53.6 Å². The van der Waals surface area contributed by atoms with Crippen LogP contribution < -0.4 is 16.0 Å². The Kier molecular flexibility index (Phi) is 8.44. The van der Waals surface area contributed by atoms with Crippen molar-refractivity contribution in [3.63, 3.8) is 0 Å². The van der Waals surface area contributed by atoms with Crippen molar-refractivity contribution in [1.82, 2.24) is 20.2 Å². The van der Waals surface area contributed by atoms with Crippen LogP contribution >= 0.6 is 23.2 Å². The maximum Gasteiger partial charge on any atom is 0.249 e. The molecule has 2 fully saturated rings. The number of nitrogens with zero attached hydrogens (tertiary/aromatic N) is 3. The lowest BCUT2D eigenvalue weighted by atomic mass is 9.99. The van der Waals surface area contributed by atoms with Crippen molar-refractivity contribution in [3.8, 4) is 0 Å². The third kappa shape index (κ3) is 6.84. The van der Waals surface area contributed by atoms with E-state index < -0.39 is 10.4 Å². The summed E-state index contributed by atoms with van der Waals surface area (Å²) in [5, 5.41) is 12.1. The van der Waals surface area contributed by atoms with E-state index in [-0.39, 0.29) is 35.8 Å². The smallest absolute Gasteiger partial charge is 0.249 e. The van der Waals surface area contributed by atoms with E-state index in [1.165, 1.54) is 6.92 Å². The van der Waals surface area contributed by atoms with E-state index in [1.54, 1.807) is 23.4 Å². The number of aryl methyl sites for hydroxylation is 2.